The first-order chi connectivity index (χ1) is 9.28. The Balaban J connectivity index is 1.68. The first-order valence-corrected chi connectivity index (χ1v) is 6.49. The van der Waals surface area contributed by atoms with Crippen molar-refractivity contribution in [2.75, 3.05) is 24.7 Å². The van der Waals surface area contributed by atoms with Crippen molar-refractivity contribution < 1.29 is 28.8 Å². The number of carbonyl (C=O) groups excluding carboxylic acids is 1. The molecule has 1 aromatic heterocycles. The third kappa shape index (κ3) is 3.86. The molecule has 0 spiro atoms. The maximum absolute atomic E-state index is 11.4. The van der Waals surface area contributed by atoms with Crippen LogP contribution >= 0.6 is 0 Å². The molecule has 0 saturated carbocycles. The lowest BCUT2D eigenvalue weighted by Crippen LogP contribution is -2.53. The van der Waals surface area contributed by atoms with Crippen molar-refractivity contribution >= 4 is 6.16 Å². The van der Waals surface area contributed by atoms with E-state index < -0.39 is 18.0 Å². The van der Waals surface area contributed by atoms with Crippen LogP contribution in [-0.2, 0) is 9.47 Å². The van der Waals surface area contributed by atoms with Gasteiger partial charge in [-0.25, -0.2) is 4.79 Å². The number of hydrogen-bond acceptors (Lipinski definition) is 7. The van der Waals surface area contributed by atoms with E-state index in [4.69, 9.17) is 24.0 Å². The van der Waals surface area contributed by atoms with Crippen molar-refractivity contribution in [2.45, 2.75) is 39.6 Å². The maximum atomic E-state index is 11.4. The van der Waals surface area contributed by atoms with Gasteiger partial charge in [-0.15, -0.1) is 0 Å². The molecule has 2 rings (SSSR count). The van der Waals surface area contributed by atoms with E-state index in [-0.39, 0.29) is 12.5 Å². The number of ether oxygens (including phenoxy) is 2. The third-order valence-corrected chi connectivity index (χ3v) is 2.59. The molecule has 1 saturated heterocycles. The summed E-state index contributed by atoms with van der Waals surface area (Å²) in [7, 11) is 0. The average molecular weight is 291 g/mol. The predicted molar refractivity (Wildman–Crippen MR) is 66.6 cm³/mol. The smallest absolute Gasteiger partial charge is 0.428 e. The Kier molecular flexibility index (Phi) is 3.89. The zero-order valence-corrected chi connectivity index (χ0v) is 12.1. The van der Waals surface area contributed by atoms with Gasteiger partial charge in [-0.3, -0.25) is 5.01 Å². The average Bonchev–Trinajstić information content (AvgIpc) is 2.91. The summed E-state index contributed by atoms with van der Waals surface area (Å²) >= 11 is 0. The minimum atomic E-state index is -0.843. The molecule has 0 bridgehead atoms. The Morgan fingerprint density at radius 1 is 1.45 bits per heavy atom. The van der Waals surface area contributed by atoms with Crippen LogP contribution in [0.1, 0.15) is 27.7 Å². The Labute approximate surface area is 116 Å². The normalized spacial score (nSPS) is 17.8. The van der Waals surface area contributed by atoms with Crippen LogP contribution in [0.3, 0.4) is 0 Å². The van der Waals surface area contributed by atoms with Gasteiger partial charge in [0.2, 0.25) is 0 Å². The van der Waals surface area contributed by atoms with E-state index in [1.807, 2.05) is 5.01 Å². The largest absolute Gasteiger partial charge is 0.511 e. The topological polar surface area (TPSA) is 91.2 Å². The van der Waals surface area contributed by atoms with Crippen LogP contribution in [0.5, 0.6) is 0 Å². The highest BCUT2D eigenvalue weighted by atomic mass is 17.0. The van der Waals surface area contributed by atoms with Gasteiger partial charge in [0.15, 0.2) is 0 Å². The van der Waals surface area contributed by atoms with Gasteiger partial charge in [0, 0.05) is 37.5 Å². The summed E-state index contributed by atoms with van der Waals surface area (Å²) in [5, 5.41) is 11.8. The van der Waals surface area contributed by atoms with Crippen molar-refractivity contribution in [3.05, 3.63) is 0 Å². The lowest BCUT2D eigenvalue weighted by Gasteiger charge is -2.34. The van der Waals surface area contributed by atoms with E-state index in [1.54, 1.807) is 27.7 Å². The summed E-state index contributed by atoms with van der Waals surface area (Å²) in [5.41, 5.74) is -0.615. The molecule has 20 heavy (non-hydrogen) atoms. The Bertz CT molecular complexity index is 436. The number of aromatic nitrogens is 2. The number of hydrogen-bond donors (Lipinski definition) is 1. The van der Waals surface area contributed by atoms with Crippen LogP contribution < -0.4 is 9.85 Å². The quantitative estimate of drug-likeness (QED) is 0.610. The maximum Gasteiger partial charge on any atom is 0.511 e. The van der Waals surface area contributed by atoms with Gasteiger partial charge in [0.1, 0.15) is 10.6 Å². The lowest BCUT2D eigenvalue weighted by molar-refractivity contribution is -0.142. The Morgan fingerprint density at radius 2 is 2.10 bits per heavy atom. The number of carbonyl (C=O) groups is 1. The zero-order chi connectivity index (χ0) is 14.9. The summed E-state index contributed by atoms with van der Waals surface area (Å²) < 4.78 is 14.9. The molecule has 1 aliphatic rings. The van der Waals surface area contributed by atoms with Crippen molar-refractivity contribution in [1.29, 1.82) is 0 Å². The van der Waals surface area contributed by atoms with E-state index in [0.29, 0.717) is 13.1 Å². The fraction of sp³-hybridized carbons (Fsp3) is 0.909. The van der Waals surface area contributed by atoms with E-state index in [2.05, 4.69) is 0 Å². The summed E-state index contributed by atoms with van der Waals surface area (Å²) in [6, 6.07) is 0. The second kappa shape index (κ2) is 5.31. The number of nitrogens with zero attached hydrogens (tertiary/aromatic N) is 3. The van der Waals surface area contributed by atoms with Gasteiger partial charge >= 0.3 is 6.16 Å². The van der Waals surface area contributed by atoms with E-state index in [1.165, 1.54) is 4.96 Å². The van der Waals surface area contributed by atoms with Crippen LogP contribution in [0, 0.1) is 5.92 Å². The van der Waals surface area contributed by atoms with Gasteiger partial charge < -0.3 is 19.4 Å². The van der Waals surface area contributed by atoms with Gasteiger partial charge in [-0.05, 0) is 20.8 Å². The SMILES string of the molecule is CC(OC(=O)OC(C)(C)C)On1on1N1CC(CO)C1. The fourth-order valence-corrected chi connectivity index (χ4v) is 1.62. The first-order valence-electron chi connectivity index (χ1n) is 6.49. The molecular weight excluding hydrogens is 270 g/mol. The fourth-order valence-electron chi connectivity index (χ4n) is 1.62. The molecule has 0 aliphatic carbocycles. The van der Waals surface area contributed by atoms with Crippen molar-refractivity contribution in [3.8, 4) is 0 Å². The van der Waals surface area contributed by atoms with Gasteiger partial charge in [-0.2, -0.15) is 4.63 Å². The van der Waals surface area contributed by atoms with Gasteiger partial charge in [0.05, 0.1) is 0 Å². The summed E-state index contributed by atoms with van der Waals surface area (Å²) in [4.78, 5) is 18.0. The standard InChI is InChI=1S/C11H21N3O6/c1-8(17-10(16)18-11(2,3)4)19-14-13(20-14)12-5-9(6-12)7-15/h8-9,15H,5-7H2,1-4H3. The highest BCUT2D eigenvalue weighted by Crippen LogP contribution is 2.15. The number of rotatable bonds is 5. The Morgan fingerprint density at radius 3 is 2.65 bits per heavy atom. The second-order valence-electron chi connectivity index (χ2n) is 5.75. The molecule has 116 valence electrons. The van der Waals surface area contributed by atoms with Crippen LogP contribution in [0.4, 0.5) is 4.79 Å². The molecular formula is C11H21N3O6. The third-order valence-electron chi connectivity index (χ3n) is 2.59. The summed E-state index contributed by atoms with van der Waals surface area (Å²) in [6.07, 6.45) is -1.65. The van der Waals surface area contributed by atoms with E-state index in [9.17, 15) is 4.79 Å². The minimum absolute atomic E-state index is 0.156. The van der Waals surface area contributed by atoms with Gasteiger partial charge in [-0.1, -0.05) is 0 Å². The molecule has 1 N–H and O–H groups in total. The molecule has 9 heteroatoms. The molecule has 0 amide bonds. The Hall–Kier alpha value is -1.77. The van der Waals surface area contributed by atoms with Crippen LogP contribution in [0.2, 0.25) is 0 Å². The first kappa shape index (κ1) is 14.6. The molecule has 0 aromatic carbocycles. The molecule has 9 nitrogen and oxygen atoms in total. The second-order valence-corrected chi connectivity index (χ2v) is 5.75. The lowest BCUT2D eigenvalue weighted by atomic mass is 10.0. The van der Waals surface area contributed by atoms with Crippen LogP contribution in [0.15, 0.2) is 4.63 Å². The molecule has 1 unspecified atom stereocenters. The summed E-state index contributed by atoms with van der Waals surface area (Å²) in [5.74, 6) is 0.261. The minimum Gasteiger partial charge on any atom is -0.428 e. The van der Waals surface area contributed by atoms with E-state index in [0.717, 1.165) is 5.02 Å². The number of aliphatic hydroxyl groups is 1. The monoisotopic (exact) mass is 291 g/mol. The molecule has 1 atom stereocenters. The predicted octanol–water partition coefficient (Wildman–Crippen LogP) is 0.169. The van der Waals surface area contributed by atoms with Gasteiger partial charge in [0.25, 0.3) is 6.29 Å². The highest BCUT2D eigenvalue weighted by molar-refractivity contribution is 5.60. The van der Waals surface area contributed by atoms with Crippen molar-refractivity contribution in [2.24, 2.45) is 5.92 Å². The van der Waals surface area contributed by atoms with Crippen molar-refractivity contribution in [1.82, 2.24) is 9.98 Å². The van der Waals surface area contributed by atoms with Crippen LogP contribution in [0.25, 0.3) is 0 Å². The highest BCUT2D eigenvalue weighted by Gasteiger charge is 2.34. The molecule has 1 fully saturated rings. The molecule has 1 aromatic rings. The zero-order valence-electron chi connectivity index (χ0n) is 12.1. The molecule has 0 radical (unpaired) electrons. The van der Waals surface area contributed by atoms with Crippen molar-refractivity contribution in [3.63, 3.8) is 0 Å². The number of aliphatic hydroxyl groups excluding tert-OH is 1. The molecule has 2 heterocycles. The summed E-state index contributed by atoms with van der Waals surface area (Å²) in [6.45, 7) is 8.33. The van der Waals surface area contributed by atoms with Crippen LogP contribution in [-0.4, -0.2) is 52.8 Å². The molecule has 1 aliphatic heterocycles. The van der Waals surface area contributed by atoms with E-state index >= 15 is 0 Å².